The third kappa shape index (κ3) is 16.1. The zero-order chi connectivity index (χ0) is 17.4. The van der Waals surface area contributed by atoms with Gasteiger partial charge < -0.3 is 15.0 Å². The highest BCUT2D eigenvalue weighted by Gasteiger charge is 2.21. The fraction of sp³-hybridized carbons (Fsp3) is 0.941. The van der Waals surface area contributed by atoms with E-state index in [0.717, 1.165) is 19.4 Å². The molecule has 0 aromatic rings. The Bertz CT molecular complexity index is 255. The summed E-state index contributed by atoms with van der Waals surface area (Å²) in [6.07, 6.45) is 2.84. The summed E-state index contributed by atoms with van der Waals surface area (Å²) in [5.41, 5.74) is 0.360. The maximum atomic E-state index is 10.9. The summed E-state index contributed by atoms with van der Waals surface area (Å²) >= 11 is 2.06. The third-order valence-electron chi connectivity index (χ3n) is 3.39. The number of carbonyl (C=O) groups excluding carboxylic acids is 1. The van der Waals surface area contributed by atoms with Crippen LogP contribution in [0, 0.1) is 5.41 Å². The van der Waals surface area contributed by atoms with Crippen molar-refractivity contribution in [2.24, 2.45) is 5.41 Å². The molecule has 4 nitrogen and oxygen atoms in total. The Labute approximate surface area is 142 Å². The maximum absolute atomic E-state index is 10.9. The van der Waals surface area contributed by atoms with Crippen molar-refractivity contribution in [1.82, 2.24) is 10.2 Å². The monoisotopic (exact) mass is 334 g/mol. The number of ether oxygens (including phenoxy) is 1. The van der Waals surface area contributed by atoms with Gasteiger partial charge in [-0.2, -0.15) is 11.8 Å². The second-order valence-corrected chi connectivity index (χ2v) is 7.31. The highest BCUT2D eigenvalue weighted by Crippen LogP contribution is 2.27. The first kappa shape index (κ1) is 24.0. The number of methoxy groups -OCH3 is 1. The van der Waals surface area contributed by atoms with Crippen molar-refractivity contribution < 1.29 is 9.53 Å². The molecule has 0 aromatic carbocycles. The molecule has 5 heteroatoms. The topological polar surface area (TPSA) is 41.6 Å². The van der Waals surface area contributed by atoms with Crippen LogP contribution in [0.4, 0.5) is 0 Å². The Morgan fingerprint density at radius 1 is 1.14 bits per heavy atom. The molecule has 2 aliphatic heterocycles. The highest BCUT2D eigenvalue weighted by atomic mass is 32.2. The molecule has 1 amide bonds. The van der Waals surface area contributed by atoms with Crippen LogP contribution in [0.5, 0.6) is 0 Å². The van der Waals surface area contributed by atoms with Gasteiger partial charge in [0.2, 0.25) is 5.91 Å². The average molecular weight is 335 g/mol. The summed E-state index contributed by atoms with van der Waals surface area (Å²) in [6, 6.07) is 0. The van der Waals surface area contributed by atoms with Crippen molar-refractivity contribution in [3.05, 3.63) is 0 Å². The van der Waals surface area contributed by atoms with Gasteiger partial charge in [0, 0.05) is 51.8 Å². The predicted molar refractivity (Wildman–Crippen MR) is 99.7 cm³/mol. The molecule has 0 atom stereocenters. The molecule has 22 heavy (non-hydrogen) atoms. The summed E-state index contributed by atoms with van der Waals surface area (Å²) in [5, 5.41) is 2.86. The van der Waals surface area contributed by atoms with E-state index < -0.39 is 0 Å². The summed E-state index contributed by atoms with van der Waals surface area (Å²) in [7, 11) is 5.43. The van der Waals surface area contributed by atoms with Crippen molar-refractivity contribution >= 4 is 17.7 Å². The summed E-state index contributed by atoms with van der Waals surface area (Å²) < 4.78 is 4.25. The lowest BCUT2D eigenvalue weighted by molar-refractivity contribution is -0.120. The van der Waals surface area contributed by atoms with Crippen LogP contribution in [0.15, 0.2) is 0 Å². The summed E-state index contributed by atoms with van der Waals surface area (Å²) in [4.78, 5) is 13.2. The van der Waals surface area contributed by atoms with E-state index in [1.807, 2.05) is 13.8 Å². The molecule has 0 radical (unpaired) electrons. The quantitative estimate of drug-likeness (QED) is 0.738. The van der Waals surface area contributed by atoms with E-state index in [9.17, 15) is 4.79 Å². The number of nitrogens with zero attached hydrogens (tertiary/aromatic N) is 1. The van der Waals surface area contributed by atoms with Gasteiger partial charge in [0.25, 0.3) is 0 Å². The van der Waals surface area contributed by atoms with Gasteiger partial charge in [-0.3, -0.25) is 4.79 Å². The second-order valence-electron chi connectivity index (χ2n) is 6.09. The van der Waals surface area contributed by atoms with E-state index >= 15 is 0 Å². The molecular formula is C17H38N2O2S. The minimum atomic E-state index is 0.213. The SMILES string of the molecule is CC.CC1(C)CCNC(=O)CC1.CN1CCSCC1.COC. The number of carbonyl (C=O) groups is 1. The van der Waals surface area contributed by atoms with Gasteiger partial charge in [-0.1, -0.05) is 27.7 Å². The van der Waals surface area contributed by atoms with Gasteiger partial charge in [-0.05, 0) is 25.3 Å². The van der Waals surface area contributed by atoms with Gasteiger partial charge in [0.15, 0.2) is 0 Å². The molecule has 1 N–H and O–H groups in total. The van der Waals surface area contributed by atoms with E-state index in [1.54, 1.807) is 14.2 Å². The van der Waals surface area contributed by atoms with Gasteiger partial charge >= 0.3 is 0 Å². The Morgan fingerprint density at radius 2 is 1.64 bits per heavy atom. The van der Waals surface area contributed by atoms with Crippen LogP contribution in [0.2, 0.25) is 0 Å². The maximum Gasteiger partial charge on any atom is 0.220 e. The molecule has 0 spiro atoms. The van der Waals surface area contributed by atoms with Crippen molar-refractivity contribution in [3.8, 4) is 0 Å². The lowest BCUT2D eigenvalue weighted by atomic mass is 9.85. The molecule has 0 bridgehead atoms. The van der Waals surface area contributed by atoms with Gasteiger partial charge in [0.05, 0.1) is 0 Å². The Morgan fingerprint density at radius 3 is 2.05 bits per heavy atom. The van der Waals surface area contributed by atoms with Gasteiger partial charge in [-0.15, -0.1) is 0 Å². The van der Waals surface area contributed by atoms with Crippen molar-refractivity contribution in [3.63, 3.8) is 0 Å². The number of amides is 1. The van der Waals surface area contributed by atoms with E-state index in [1.165, 1.54) is 24.6 Å². The average Bonchev–Trinajstić information content (AvgIpc) is 2.64. The first-order valence-corrected chi connectivity index (χ1v) is 9.50. The lowest BCUT2D eigenvalue weighted by Gasteiger charge is -2.20. The molecule has 0 aromatic heterocycles. The zero-order valence-corrected chi connectivity index (χ0v) is 16.6. The molecule has 0 saturated carbocycles. The Balaban J connectivity index is 0. The van der Waals surface area contributed by atoms with Crippen LogP contribution in [-0.4, -0.2) is 63.2 Å². The first-order chi connectivity index (χ1) is 10.4. The van der Waals surface area contributed by atoms with Gasteiger partial charge in [0.1, 0.15) is 0 Å². The minimum Gasteiger partial charge on any atom is -0.388 e. The number of hydrogen-bond acceptors (Lipinski definition) is 4. The molecule has 2 heterocycles. The molecule has 2 saturated heterocycles. The Hall–Kier alpha value is -0.260. The molecule has 0 aliphatic carbocycles. The number of nitrogens with one attached hydrogen (secondary N) is 1. The van der Waals surface area contributed by atoms with E-state index in [0.29, 0.717) is 11.8 Å². The number of rotatable bonds is 0. The molecule has 134 valence electrons. The standard InChI is InChI=1S/C8H15NO.C5H11NS.C2H6O.C2H6/c1-8(2)4-3-7(10)9-6-5-8;1-6-2-4-7-5-3-6;1-3-2;1-2/h3-6H2,1-2H3,(H,9,10);2-5H2,1H3;1-2H3;1-2H3. The normalized spacial score (nSPS) is 20.6. The third-order valence-corrected chi connectivity index (χ3v) is 4.33. The molecule has 2 fully saturated rings. The van der Waals surface area contributed by atoms with Crippen LogP contribution in [0.1, 0.15) is 47.0 Å². The highest BCUT2D eigenvalue weighted by molar-refractivity contribution is 7.99. The van der Waals surface area contributed by atoms with Crippen LogP contribution in [0.3, 0.4) is 0 Å². The van der Waals surface area contributed by atoms with Crippen LogP contribution in [0.25, 0.3) is 0 Å². The zero-order valence-electron chi connectivity index (χ0n) is 15.8. The number of thioether (sulfide) groups is 1. The second kappa shape index (κ2) is 15.6. The number of hydrogen-bond donors (Lipinski definition) is 1. The van der Waals surface area contributed by atoms with E-state index in [2.05, 4.69) is 47.6 Å². The Kier molecular flexibility index (Phi) is 17.0. The van der Waals surface area contributed by atoms with Gasteiger partial charge in [-0.25, -0.2) is 0 Å². The van der Waals surface area contributed by atoms with Crippen molar-refractivity contribution in [2.75, 3.05) is 52.4 Å². The molecule has 2 aliphatic rings. The summed E-state index contributed by atoms with van der Waals surface area (Å²) in [5.74, 6) is 2.87. The van der Waals surface area contributed by atoms with E-state index in [-0.39, 0.29) is 5.91 Å². The minimum absolute atomic E-state index is 0.213. The fourth-order valence-electron chi connectivity index (χ4n) is 1.86. The van der Waals surface area contributed by atoms with E-state index in [4.69, 9.17) is 0 Å². The fourth-order valence-corrected chi connectivity index (χ4v) is 2.95. The summed E-state index contributed by atoms with van der Waals surface area (Å²) in [6.45, 7) is 11.8. The first-order valence-electron chi connectivity index (χ1n) is 8.34. The lowest BCUT2D eigenvalue weighted by Crippen LogP contribution is -2.28. The van der Waals surface area contributed by atoms with Crippen molar-refractivity contribution in [1.29, 1.82) is 0 Å². The van der Waals surface area contributed by atoms with Crippen LogP contribution < -0.4 is 5.32 Å². The van der Waals surface area contributed by atoms with Crippen molar-refractivity contribution in [2.45, 2.75) is 47.0 Å². The predicted octanol–water partition coefficient (Wildman–Crippen LogP) is 3.27. The molecule has 0 unspecified atom stereocenters. The molecule has 2 rings (SSSR count). The van der Waals surface area contributed by atoms with Crippen LogP contribution in [-0.2, 0) is 9.53 Å². The largest absolute Gasteiger partial charge is 0.388 e. The molecular weight excluding hydrogens is 296 g/mol. The van der Waals surface area contributed by atoms with Crippen LogP contribution >= 0.6 is 11.8 Å². The smallest absolute Gasteiger partial charge is 0.220 e.